The van der Waals surface area contributed by atoms with Crippen LogP contribution in [0.5, 0.6) is 0 Å². The molecule has 132 valence electrons. The van der Waals surface area contributed by atoms with E-state index >= 15 is 0 Å². The lowest BCUT2D eigenvalue weighted by atomic mass is 9.88. The maximum atomic E-state index is 13.4. The van der Waals surface area contributed by atoms with Crippen LogP contribution in [0.4, 0.5) is 0 Å². The quantitative estimate of drug-likeness (QED) is 0.861. The molecule has 3 atom stereocenters. The van der Waals surface area contributed by atoms with Crippen LogP contribution in [0.3, 0.4) is 0 Å². The highest BCUT2D eigenvalue weighted by molar-refractivity contribution is 6.06. The third-order valence-corrected chi connectivity index (χ3v) is 5.83. The second-order valence-corrected chi connectivity index (χ2v) is 7.02. The number of rotatable bonds is 3. The van der Waals surface area contributed by atoms with Crippen LogP contribution in [-0.4, -0.2) is 66.1 Å². The molecule has 0 radical (unpaired) electrons. The van der Waals surface area contributed by atoms with Gasteiger partial charge in [0, 0.05) is 44.2 Å². The summed E-state index contributed by atoms with van der Waals surface area (Å²) < 4.78 is 5.73. The second kappa shape index (κ2) is 6.73. The van der Waals surface area contributed by atoms with Gasteiger partial charge in [0.15, 0.2) is 0 Å². The summed E-state index contributed by atoms with van der Waals surface area (Å²) in [5.41, 5.74) is 1.63. The summed E-state index contributed by atoms with van der Waals surface area (Å²) in [6.45, 7) is 5.91. The van der Waals surface area contributed by atoms with Crippen molar-refractivity contribution in [2.45, 2.75) is 25.5 Å². The minimum atomic E-state index is 0.126. The third-order valence-electron chi connectivity index (χ3n) is 5.83. The van der Waals surface area contributed by atoms with E-state index in [1.807, 2.05) is 30.3 Å². The van der Waals surface area contributed by atoms with E-state index in [4.69, 9.17) is 4.74 Å². The van der Waals surface area contributed by atoms with Crippen molar-refractivity contribution in [3.63, 3.8) is 0 Å². The van der Waals surface area contributed by atoms with Crippen LogP contribution in [0.25, 0.3) is 10.9 Å². The number of likely N-dealkylation sites (tertiary alicyclic amines) is 2. The number of carbonyl (C=O) groups is 1. The molecular weight excluding hydrogens is 314 g/mol. The Hall–Kier alpha value is -1.98. The van der Waals surface area contributed by atoms with Gasteiger partial charge in [-0.1, -0.05) is 25.1 Å². The Kier molecular flexibility index (Phi) is 4.44. The summed E-state index contributed by atoms with van der Waals surface area (Å²) in [6.07, 6.45) is 2.89. The van der Waals surface area contributed by atoms with Crippen molar-refractivity contribution in [2.75, 3.05) is 33.3 Å². The van der Waals surface area contributed by atoms with Crippen LogP contribution < -0.4 is 0 Å². The average molecular weight is 339 g/mol. The molecule has 2 aliphatic rings. The number of fused-ring (bicyclic) bond motifs is 2. The lowest BCUT2D eigenvalue weighted by molar-refractivity contribution is -0.0155. The Balaban J connectivity index is 1.67. The first-order chi connectivity index (χ1) is 12.2. The van der Waals surface area contributed by atoms with Gasteiger partial charge in [0.2, 0.25) is 0 Å². The zero-order valence-electron chi connectivity index (χ0n) is 14.9. The summed E-state index contributed by atoms with van der Waals surface area (Å²) in [5.74, 6) is 0.525. The Morgan fingerprint density at radius 3 is 2.92 bits per heavy atom. The summed E-state index contributed by atoms with van der Waals surface area (Å²) in [7, 11) is 1.80. The first-order valence-corrected chi connectivity index (χ1v) is 9.12. The van der Waals surface area contributed by atoms with E-state index < -0.39 is 0 Å². The number of likely N-dealkylation sites (N-methyl/N-ethyl adjacent to an activating group) is 1. The monoisotopic (exact) mass is 339 g/mol. The zero-order chi connectivity index (χ0) is 17.4. The van der Waals surface area contributed by atoms with Crippen molar-refractivity contribution in [3.8, 4) is 0 Å². The third kappa shape index (κ3) is 2.81. The van der Waals surface area contributed by atoms with Gasteiger partial charge in [0.1, 0.15) is 0 Å². The van der Waals surface area contributed by atoms with Gasteiger partial charge < -0.3 is 14.5 Å². The molecule has 0 aliphatic carbocycles. The molecule has 25 heavy (non-hydrogen) atoms. The predicted molar refractivity (Wildman–Crippen MR) is 97.6 cm³/mol. The molecule has 2 aromatic rings. The number of aromatic nitrogens is 1. The van der Waals surface area contributed by atoms with Gasteiger partial charge >= 0.3 is 0 Å². The number of ether oxygens (including phenoxy) is 1. The maximum Gasteiger partial charge on any atom is 0.254 e. The zero-order valence-corrected chi connectivity index (χ0v) is 14.9. The highest BCUT2D eigenvalue weighted by Crippen LogP contribution is 2.34. The van der Waals surface area contributed by atoms with Crippen molar-refractivity contribution >= 4 is 16.8 Å². The molecule has 1 aromatic heterocycles. The molecule has 0 spiro atoms. The molecule has 5 nitrogen and oxygen atoms in total. The smallest absolute Gasteiger partial charge is 0.254 e. The number of methoxy groups -OCH3 is 1. The molecule has 1 aromatic carbocycles. The summed E-state index contributed by atoms with van der Waals surface area (Å²) >= 11 is 0. The average Bonchev–Trinajstić information content (AvgIpc) is 3.10. The van der Waals surface area contributed by atoms with Gasteiger partial charge in [-0.05, 0) is 25.1 Å². The van der Waals surface area contributed by atoms with Crippen molar-refractivity contribution in [1.82, 2.24) is 14.8 Å². The van der Waals surface area contributed by atoms with E-state index in [1.54, 1.807) is 13.3 Å². The fraction of sp³-hybridized carbons (Fsp3) is 0.500. The first-order valence-electron chi connectivity index (χ1n) is 9.12. The van der Waals surface area contributed by atoms with Gasteiger partial charge in [0.05, 0.1) is 23.2 Å². The van der Waals surface area contributed by atoms with Gasteiger partial charge in [-0.25, -0.2) is 0 Å². The molecule has 0 saturated carbocycles. The molecule has 2 aliphatic heterocycles. The molecule has 0 bridgehead atoms. The molecule has 1 amide bonds. The van der Waals surface area contributed by atoms with Gasteiger partial charge in [-0.2, -0.15) is 0 Å². The molecule has 3 heterocycles. The SMILES string of the molecule is CCN1C[C@@H]2[C@@H](OC)CCN(C(=O)c3ccnc4ccccc34)[C@@H]2C1. The van der Waals surface area contributed by atoms with Gasteiger partial charge in [0.25, 0.3) is 5.91 Å². The standard InChI is InChI=1S/C20H25N3O2/c1-3-22-12-16-18(13-22)23(11-9-19(16)25-2)20(24)15-8-10-21-17-7-5-4-6-14(15)17/h4-8,10,16,18-19H,3,9,11-13H2,1-2H3/t16-,18+,19-/m0/s1. The highest BCUT2D eigenvalue weighted by Gasteiger charge is 2.45. The number of piperidine rings is 1. The van der Waals surface area contributed by atoms with Crippen molar-refractivity contribution in [3.05, 3.63) is 42.1 Å². The minimum absolute atomic E-state index is 0.126. The Bertz CT molecular complexity index is 773. The highest BCUT2D eigenvalue weighted by atomic mass is 16.5. The molecule has 0 N–H and O–H groups in total. The van der Waals surface area contributed by atoms with Crippen LogP contribution in [0.15, 0.2) is 36.5 Å². The number of benzene rings is 1. The number of nitrogens with zero attached hydrogens (tertiary/aromatic N) is 3. The van der Waals surface area contributed by atoms with Crippen molar-refractivity contribution in [2.24, 2.45) is 5.92 Å². The van der Waals surface area contributed by atoms with E-state index in [0.29, 0.717) is 5.92 Å². The van der Waals surface area contributed by atoms with Crippen LogP contribution in [0.2, 0.25) is 0 Å². The lowest BCUT2D eigenvalue weighted by Gasteiger charge is -2.41. The number of hydrogen-bond donors (Lipinski definition) is 0. The fourth-order valence-electron chi connectivity index (χ4n) is 4.48. The Morgan fingerprint density at radius 2 is 2.12 bits per heavy atom. The predicted octanol–water partition coefficient (Wildman–Crippen LogP) is 2.42. The molecule has 5 heteroatoms. The van der Waals surface area contributed by atoms with Crippen LogP contribution >= 0.6 is 0 Å². The maximum absolute atomic E-state index is 13.4. The Labute approximate surface area is 148 Å². The van der Waals surface area contributed by atoms with Gasteiger partial charge in [-0.15, -0.1) is 0 Å². The minimum Gasteiger partial charge on any atom is -0.381 e. The molecule has 4 rings (SSSR count). The normalized spacial score (nSPS) is 26.8. The molecule has 0 unspecified atom stereocenters. The van der Waals surface area contributed by atoms with Crippen molar-refractivity contribution in [1.29, 1.82) is 0 Å². The molecule has 2 saturated heterocycles. The fourth-order valence-corrected chi connectivity index (χ4v) is 4.48. The van der Waals surface area contributed by atoms with E-state index in [2.05, 4.69) is 21.7 Å². The number of pyridine rings is 1. The Morgan fingerprint density at radius 1 is 1.28 bits per heavy atom. The second-order valence-electron chi connectivity index (χ2n) is 7.02. The number of carbonyl (C=O) groups excluding carboxylic acids is 1. The molecule has 2 fully saturated rings. The number of para-hydroxylation sites is 1. The summed E-state index contributed by atoms with van der Waals surface area (Å²) in [5, 5.41) is 0.936. The van der Waals surface area contributed by atoms with E-state index in [0.717, 1.165) is 49.1 Å². The molecular formula is C20H25N3O2. The van der Waals surface area contributed by atoms with Gasteiger partial charge in [-0.3, -0.25) is 9.78 Å². The van der Waals surface area contributed by atoms with Crippen LogP contribution in [0, 0.1) is 5.92 Å². The summed E-state index contributed by atoms with van der Waals surface area (Å²) in [4.78, 5) is 22.3. The van der Waals surface area contributed by atoms with E-state index in [9.17, 15) is 4.79 Å². The number of amides is 1. The van der Waals surface area contributed by atoms with E-state index in [1.165, 1.54) is 0 Å². The number of hydrogen-bond acceptors (Lipinski definition) is 4. The largest absolute Gasteiger partial charge is 0.381 e. The summed E-state index contributed by atoms with van der Waals surface area (Å²) in [6, 6.07) is 9.96. The van der Waals surface area contributed by atoms with Crippen LogP contribution in [0.1, 0.15) is 23.7 Å². The lowest BCUT2D eigenvalue weighted by Crippen LogP contribution is -2.53. The first kappa shape index (κ1) is 16.5. The topological polar surface area (TPSA) is 45.7 Å². The van der Waals surface area contributed by atoms with E-state index in [-0.39, 0.29) is 18.1 Å². The van der Waals surface area contributed by atoms with Crippen molar-refractivity contribution < 1.29 is 9.53 Å². The van der Waals surface area contributed by atoms with Crippen LogP contribution in [-0.2, 0) is 4.74 Å².